The molecule has 3 N–H and O–H groups in total. The number of hydrogen-bond donors (Lipinski definition) is 2. The van der Waals surface area contributed by atoms with Crippen molar-refractivity contribution in [1.82, 2.24) is 10.3 Å². The van der Waals surface area contributed by atoms with Crippen LogP contribution in [-0.2, 0) is 0 Å². The molecule has 4 heteroatoms. The molecule has 0 spiro atoms. The highest BCUT2D eigenvalue weighted by atomic mass is 16.1. The first-order valence-electron chi connectivity index (χ1n) is 6.35. The third-order valence-electron chi connectivity index (χ3n) is 3.32. The Balaban J connectivity index is 1.89. The van der Waals surface area contributed by atoms with Crippen molar-refractivity contribution >= 4 is 22.5 Å². The molecule has 19 heavy (non-hydrogen) atoms. The normalized spacial score (nSPS) is 14.9. The number of benzene rings is 1. The number of hydrogen-bond acceptors (Lipinski definition) is 3. The highest BCUT2D eigenvalue weighted by Gasteiger charge is 2.16. The molecule has 0 unspecified atom stereocenters. The zero-order chi connectivity index (χ0) is 13.2. The Kier molecular flexibility index (Phi) is 2.91. The molecule has 1 aliphatic carbocycles. The monoisotopic (exact) mass is 253 g/mol. The molecular weight excluding hydrogens is 238 g/mol. The van der Waals surface area contributed by atoms with Crippen LogP contribution in [0.2, 0.25) is 0 Å². The van der Waals surface area contributed by atoms with E-state index in [-0.39, 0.29) is 11.9 Å². The van der Waals surface area contributed by atoms with Crippen LogP contribution >= 0.6 is 0 Å². The van der Waals surface area contributed by atoms with Crippen LogP contribution in [0.5, 0.6) is 0 Å². The highest BCUT2D eigenvalue weighted by molar-refractivity contribution is 5.99. The fourth-order valence-corrected chi connectivity index (χ4v) is 2.31. The average Bonchev–Trinajstić information content (AvgIpc) is 2.91. The molecule has 2 aromatic rings. The van der Waals surface area contributed by atoms with Gasteiger partial charge in [-0.25, -0.2) is 4.98 Å². The van der Waals surface area contributed by atoms with Crippen molar-refractivity contribution in [3.05, 3.63) is 48.2 Å². The molecule has 0 aliphatic heterocycles. The van der Waals surface area contributed by atoms with Crippen LogP contribution in [0.3, 0.4) is 0 Å². The maximum Gasteiger partial charge on any atom is 0.270 e. The largest absolute Gasteiger partial charge is 0.398 e. The summed E-state index contributed by atoms with van der Waals surface area (Å²) in [7, 11) is 0. The van der Waals surface area contributed by atoms with E-state index < -0.39 is 0 Å². The van der Waals surface area contributed by atoms with Gasteiger partial charge in [0.15, 0.2) is 0 Å². The lowest BCUT2D eigenvalue weighted by atomic mass is 10.1. The molecule has 1 heterocycles. The Morgan fingerprint density at radius 1 is 1.26 bits per heavy atom. The van der Waals surface area contributed by atoms with E-state index in [1.165, 1.54) is 0 Å². The fourth-order valence-electron chi connectivity index (χ4n) is 2.31. The summed E-state index contributed by atoms with van der Waals surface area (Å²) in [6, 6.07) is 9.38. The van der Waals surface area contributed by atoms with E-state index in [0.717, 1.165) is 23.7 Å². The van der Waals surface area contributed by atoms with Gasteiger partial charge in [-0.05, 0) is 25.0 Å². The molecule has 0 bridgehead atoms. The van der Waals surface area contributed by atoms with E-state index >= 15 is 0 Å². The fraction of sp³-hybridized carbons (Fsp3) is 0.200. The smallest absolute Gasteiger partial charge is 0.270 e. The summed E-state index contributed by atoms with van der Waals surface area (Å²) in [4.78, 5) is 16.5. The van der Waals surface area contributed by atoms with E-state index in [0.29, 0.717) is 11.4 Å². The van der Waals surface area contributed by atoms with E-state index in [9.17, 15) is 4.79 Å². The molecule has 0 radical (unpaired) electrons. The molecule has 3 rings (SSSR count). The molecule has 1 aromatic carbocycles. The number of aromatic nitrogens is 1. The molecule has 1 aromatic heterocycles. The third kappa shape index (κ3) is 2.29. The summed E-state index contributed by atoms with van der Waals surface area (Å²) in [5, 5.41) is 3.84. The van der Waals surface area contributed by atoms with Crippen LogP contribution in [0.4, 0.5) is 5.69 Å². The zero-order valence-corrected chi connectivity index (χ0v) is 10.5. The van der Waals surface area contributed by atoms with Crippen LogP contribution in [-0.4, -0.2) is 16.9 Å². The SMILES string of the molecule is Nc1cc(C(=O)NC2CC=CC2)nc2ccccc12. The number of nitrogens with one attached hydrogen (secondary N) is 1. The van der Waals surface area contributed by atoms with Gasteiger partial charge in [0.25, 0.3) is 5.91 Å². The van der Waals surface area contributed by atoms with Gasteiger partial charge in [0, 0.05) is 17.1 Å². The lowest BCUT2D eigenvalue weighted by Gasteiger charge is -2.12. The maximum absolute atomic E-state index is 12.1. The number of rotatable bonds is 2. The van der Waals surface area contributed by atoms with Crippen LogP contribution in [0, 0.1) is 0 Å². The molecule has 1 aliphatic rings. The number of carbonyl (C=O) groups excluding carboxylic acids is 1. The summed E-state index contributed by atoms with van der Waals surface area (Å²) in [5.74, 6) is -0.161. The van der Waals surface area contributed by atoms with Crippen LogP contribution in [0.25, 0.3) is 10.9 Å². The van der Waals surface area contributed by atoms with E-state index in [1.807, 2.05) is 24.3 Å². The molecule has 0 saturated heterocycles. The van der Waals surface area contributed by atoms with Crippen molar-refractivity contribution in [2.75, 3.05) is 5.73 Å². The second-order valence-electron chi connectivity index (χ2n) is 4.73. The highest BCUT2D eigenvalue weighted by Crippen LogP contribution is 2.20. The van der Waals surface area contributed by atoms with Gasteiger partial charge in [-0.3, -0.25) is 4.79 Å². The third-order valence-corrected chi connectivity index (χ3v) is 3.32. The van der Waals surface area contributed by atoms with Gasteiger partial charge < -0.3 is 11.1 Å². The minimum Gasteiger partial charge on any atom is -0.398 e. The average molecular weight is 253 g/mol. The number of pyridine rings is 1. The minimum atomic E-state index is -0.161. The second kappa shape index (κ2) is 4.72. The summed E-state index contributed by atoms with van der Waals surface area (Å²) < 4.78 is 0. The van der Waals surface area contributed by atoms with Crippen molar-refractivity contribution in [1.29, 1.82) is 0 Å². The van der Waals surface area contributed by atoms with E-state index in [1.54, 1.807) is 6.07 Å². The molecule has 1 amide bonds. The maximum atomic E-state index is 12.1. The first kappa shape index (κ1) is 11.7. The van der Waals surface area contributed by atoms with Gasteiger partial charge in [0.05, 0.1) is 5.52 Å². The summed E-state index contributed by atoms with van der Waals surface area (Å²) >= 11 is 0. The van der Waals surface area contributed by atoms with Crippen molar-refractivity contribution < 1.29 is 4.79 Å². The Hall–Kier alpha value is -2.36. The molecule has 0 saturated carbocycles. The first-order chi connectivity index (χ1) is 9.24. The second-order valence-corrected chi connectivity index (χ2v) is 4.73. The van der Waals surface area contributed by atoms with Crippen LogP contribution < -0.4 is 11.1 Å². The van der Waals surface area contributed by atoms with Crippen molar-refractivity contribution in [3.63, 3.8) is 0 Å². The number of nitrogens with two attached hydrogens (primary N) is 1. The van der Waals surface area contributed by atoms with Crippen molar-refractivity contribution in [2.45, 2.75) is 18.9 Å². The van der Waals surface area contributed by atoms with E-state index in [2.05, 4.69) is 22.5 Å². The van der Waals surface area contributed by atoms with Gasteiger partial charge in [-0.1, -0.05) is 30.4 Å². The van der Waals surface area contributed by atoms with Gasteiger partial charge in [-0.15, -0.1) is 0 Å². The molecule has 0 fully saturated rings. The summed E-state index contributed by atoms with van der Waals surface area (Å²) in [6.45, 7) is 0. The number of nitrogen functional groups attached to an aromatic ring is 1. The number of amides is 1. The van der Waals surface area contributed by atoms with Gasteiger partial charge >= 0.3 is 0 Å². The topological polar surface area (TPSA) is 68.0 Å². The minimum absolute atomic E-state index is 0.161. The number of nitrogens with zero attached hydrogens (tertiary/aromatic N) is 1. The Labute approximate surface area is 111 Å². The van der Waals surface area contributed by atoms with Gasteiger partial charge in [0.2, 0.25) is 0 Å². The predicted molar refractivity (Wildman–Crippen MR) is 75.8 cm³/mol. The van der Waals surface area contributed by atoms with Gasteiger partial charge in [0.1, 0.15) is 5.69 Å². The quantitative estimate of drug-likeness (QED) is 0.807. The molecule has 0 atom stereocenters. The number of fused-ring (bicyclic) bond motifs is 1. The summed E-state index contributed by atoms with van der Waals surface area (Å²) in [5.41, 5.74) is 7.68. The Morgan fingerprint density at radius 3 is 2.79 bits per heavy atom. The first-order valence-corrected chi connectivity index (χ1v) is 6.35. The lowest BCUT2D eigenvalue weighted by molar-refractivity contribution is 0.0934. The predicted octanol–water partition coefficient (Wildman–Crippen LogP) is 2.27. The van der Waals surface area contributed by atoms with Crippen LogP contribution in [0.15, 0.2) is 42.5 Å². The van der Waals surface area contributed by atoms with Crippen molar-refractivity contribution in [3.8, 4) is 0 Å². The zero-order valence-electron chi connectivity index (χ0n) is 10.5. The Bertz CT molecular complexity index is 655. The number of carbonyl (C=O) groups is 1. The summed E-state index contributed by atoms with van der Waals surface area (Å²) in [6.07, 6.45) is 5.92. The molecule has 96 valence electrons. The van der Waals surface area contributed by atoms with Crippen molar-refractivity contribution in [2.24, 2.45) is 0 Å². The Morgan fingerprint density at radius 2 is 2.00 bits per heavy atom. The number of para-hydroxylation sites is 1. The lowest BCUT2D eigenvalue weighted by Crippen LogP contribution is -2.33. The standard InChI is InChI=1S/C15H15N3O/c16-12-9-14(15(19)17-10-5-1-2-6-10)18-13-8-4-3-7-11(12)13/h1-4,7-10H,5-6H2,(H2,16,18)(H,17,19). The van der Waals surface area contributed by atoms with Gasteiger partial charge in [-0.2, -0.15) is 0 Å². The van der Waals surface area contributed by atoms with E-state index in [4.69, 9.17) is 5.73 Å². The molecule has 4 nitrogen and oxygen atoms in total. The number of anilines is 1. The van der Waals surface area contributed by atoms with Crippen LogP contribution in [0.1, 0.15) is 23.3 Å². The molecular formula is C15H15N3O.